The van der Waals surface area contributed by atoms with Gasteiger partial charge < -0.3 is 0 Å². The Morgan fingerprint density at radius 2 is 1.45 bits per heavy atom. The minimum Gasteiger partial charge on any atom is -0.294 e. The standard InChI is InChI=1S/C18H21NO/c1-3-7-16(8-4-1)11-12-18-13-19(14-18)20-15-17-9-5-2-6-10-17/h1-10,18H,11-15H2. The fraction of sp³-hybridized carbons (Fsp3) is 0.333. The summed E-state index contributed by atoms with van der Waals surface area (Å²) in [5.41, 5.74) is 2.68. The summed E-state index contributed by atoms with van der Waals surface area (Å²) in [5, 5.41) is 2.09. The third-order valence-electron chi connectivity index (χ3n) is 3.86. The number of hydrogen-bond acceptors (Lipinski definition) is 2. The minimum atomic E-state index is 0.687. The normalized spacial score (nSPS) is 16.0. The van der Waals surface area contributed by atoms with Gasteiger partial charge in [0.15, 0.2) is 0 Å². The summed E-state index contributed by atoms with van der Waals surface area (Å²) in [7, 11) is 0. The third kappa shape index (κ3) is 3.69. The third-order valence-corrected chi connectivity index (χ3v) is 3.86. The van der Waals surface area contributed by atoms with Crippen LogP contribution < -0.4 is 0 Å². The number of aryl methyl sites for hydroxylation is 1. The minimum absolute atomic E-state index is 0.687. The number of benzene rings is 2. The number of hydroxylamine groups is 2. The van der Waals surface area contributed by atoms with Crippen LogP contribution in [-0.4, -0.2) is 18.2 Å². The first-order valence-corrected chi connectivity index (χ1v) is 7.36. The lowest BCUT2D eigenvalue weighted by Crippen LogP contribution is -2.46. The summed E-state index contributed by atoms with van der Waals surface area (Å²) in [6.07, 6.45) is 2.44. The second-order valence-electron chi connectivity index (χ2n) is 5.50. The lowest BCUT2D eigenvalue weighted by Gasteiger charge is -2.38. The van der Waals surface area contributed by atoms with Crippen LogP contribution in [-0.2, 0) is 17.9 Å². The van der Waals surface area contributed by atoms with Crippen LogP contribution in [0.25, 0.3) is 0 Å². The first kappa shape index (κ1) is 13.3. The lowest BCUT2D eigenvalue weighted by atomic mass is 9.94. The van der Waals surface area contributed by atoms with E-state index < -0.39 is 0 Å². The molecule has 0 bridgehead atoms. The van der Waals surface area contributed by atoms with E-state index in [2.05, 4.69) is 59.7 Å². The highest BCUT2D eigenvalue weighted by molar-refractivity contribution is 5.15. The first-order valence-electron chi connectivity index (χ1n) is 7.36. The van der Waals surface area contributed by atoms with Gasteiger partial charge in [0, 0.05) is 13.1 Å². The smallest absolute Gasteiger partial charge is 0.0935 e. The van der Waals surface area contributed by atoms with Crippen LogP contribution in [0.1, 0.15) is 17.5 Å². The molecule has 0 radical (unpaired) electrons. The Labute approximate surface area is 120 Å². The molecule has 20 heavy (non-hydrogen) atoms. The molecule has 0 amide bonds. The molecule has 1 heterocycles. The molecule has 1 fully saturated rings. The van der Waals surface area contributed by atoms with Crippen molar-refractivity contribution in [2.45, 2.75) is 19.4 Å². The molecule has 0 aliphatic carbocycles. The Bertz CT molecular complexity index is 458. The molecule has 1 saturated heterocycles. The lowest BCUT2D eigenvalue weighted by molar-refractivity contribution is -0.228. The summed E-state index contributed by atoms with van der Waals surface area (Å²) in [4.78, 5) is 5.78. The molecule has 2 nitrogen and oxygen atoms in total. The molecule has 2 heteroatoms. The van der Waals surface area contributed by atoms with E-state index >= 15 is 0 Å². The molecule has 0 unspecified atom stereocenters. The van der Waals surface area contributed by atoms with Crippen LogP contribution in [0.4, 0.5) is 0 Å². The van der Waals surface area contributed by atoms with E-state index in [1.807, 2.05) is 6.07 Å². The van der Waals surface area contributed by atoms with Gasteiger partial charge in [-0.2, -0.15) is 5.06 Å². The predicted molar refractivity (Wildman–Crippen MR) is 81.1 cm³/mol. The Hall–Kier alpha value is -1.64. The molecule has 0 spiro atoms. The molecule has 104 valence electrons. The van der Waals surface area contributed by atoms with Crippen LogP contribution in [0, 0.1) is 5.92 Å². The fourth-order valence-corrected chi connectivity index (χ4v) is 2.57. The van der Waals surface area contributed by atoms with Crippen molar-refractivity contribution in [1.82, 2.24) is 5.06 Å². The maximum absolute atomic E-state index is 5.78. The van der Waals surface area contributed by atoms with Gasteiger partial charge in [0.2, 0.25) is 0 Å². The Kier molecular flexibility index (Phi) is 4.46. The SMILES string of the molecule is c1ccc(CCC2CN(OCc3ccccc3)C2)cc1. The van der Waals surface area contributed by atoms with Gasteiger partial charge in [0.05, 0.1) is 6.61 Å². The topological polar surface area (TPSA) is 12.5 Å². The van der Waals surface area contributed by atoms with E-state index in [9.17, 15) is 0 Å². The summed E-state index contributed by atoms with van der Waals surface area (Å²) in [6, 6.07) is 21.1. The highest BCUT2D eigenvalue weighted by Crippen LogP contribution is 2.22. The highest BCUT2D eigenvalue weighted by atomic mass is 16.7. The maximum atomic E-state index is 5.78. The summed E-state index contributed by atoms with van der Waals surface area (Å²) in [6.45, 7) is 2.82. The van der Waals surface area contributed by atoms with Gasteiger partial charge in [-0.15, -0.1) is 0 Å². The number of hydrogen-bond donors (Lipinski definition) is 0. The molecule has 0 atom stereocenters. The van der Waals surface area contributed by atoms with E-state index in [1.165, 1.54) is 24.0 Å². The molecule has 2 aromatic rings. The van der Waals surface area contributed by atoms with Crippen LogP contribution in [0.2, 0.25) is 0 Å². The molecule has 2 aromatic carbocycles. The molecular formula is C18H21NO. The molecular weight excluding hydrogens is 246 g/mol. The summed E-state index contributed by atoms with van der Waals surface area (Å²) in [5.74, 6) is 0.783. The monoisotopic (exact) mass is 267 g/mol. The van der Waals surface area contributed by atoms with Crippen LogP contribution in [0.5, 0.6) is 0 Å². The molecule has 0 aromatic heterocycles. The number of rotatable bonds is 6. The fourth-order valence-electron chi connectivity index (χ4n) is 2.57. The van der Waals surface area contributed by atoms with E-state index in [4.69, 9.17) is 4.84 Å². The van der Waals surface area contributed by atoms with Crippen molar-refractivity contribution in [3.05, 3.63) is 71.8 Å². The molecule has 3 rings (SSSR count). The van der Waals surface area contributed by atoms with Gasteiger partial charge in [-0.3, -0.25) is 4.84 Å². The van der Waals surface area contributed by atoms with Gasteiger partial charge in [-0.05, 0) is 29.9 Å². The van der Waals surface area contributed by atoms with Gasteiger partial charge >= 0.3 is 0 Å². The van der Waals surface area contributed by atoms with Crippen LogP contribution >= 0.6 is 0 Å². The molecule has 0 saturated carbocycles. The van der Waals surface area contributed by atoms with Crippen molar-refractivity contribution < 1.29 is 4.84 Å². The molecule has 0 N–H and O–H groups in total. The van der Waals surface area contributed by atoms with E-state index in [1.54, 1.807) is 0 Å². The zero-order valence-electron chi connectivity index (χ0n) is 11.7. The molecule has 1 aliphatic rings. The molecule has 1 aliphatic heterocycles. The highest BCUT2D eigenvalue weighted by Gasteiger charge is 2.26. The first-order chi connectivity index (χ1) is 9.90. The zero-order valence-corrected chi connectivity index (χ0v) is 11.7. The van der Waals surface area contributed by atoms with E-state index in [-0.39, 0.29) is 0 Å². The summed E-state index contributed by atoms with van der Waals surface area (Å²) >= 11 is 0. The second kappa shape index (κ2) is 6.69. The zero-order chi connectivity index (χ0) is 13.6. The van der Waals surface area contributed by atoms with E-state index in [0.29, 0.717) is 6.61 Å². The Morgan fingerprint density at radius 1 is 0.850 bits per heavy atom. The van der Waals surface area contributed by atoms with Gasteiger partial charge in [-0.1, -0.05) is 60.7 Å². The van der Waals surface area contributed by atoms with Gasteiger partial charge in [0.25, 0.3) is 0 Å². The van der Waals surface area contributed by atoms with Crippen LogP contribution in [0.15, 0.2) is 60.7 Å². The maximum Gasteiger partial charge on any atom is 0.0935 e. The van der Waals surface area contributed by atoms with Gasteiger partial charge in [-0.25, -0.2) is 0 Å². The van der Waals surface area contributed by atoms with E-state index in [0.717, 1.165) is 19.0 Å². The van der Waals surface area contributed by atoms with Crippen molar-refractivity contribution in [3.63, 3.8) is 0 Å². The average molecular weight is 267 g/mol. The van der Waals surface area contributed by atoms with Crippen LogP contribution in [0.3, 0.4) is 0 Å². The second-order valence-corrected chi connectivity index (χ2v) is 5.50. The van der Waals surface area contributed by atoms with Gasteiger partial charge in [0.1, 0.15) is 0 Å². The predicted octanol–water partition coefficient (Wildman–Crippen LogP) is 3.68. The largest absolute Gasteiger partial charge is 0.294 e. The summed E-state index contributed by atoms with van der Waals surface area (Å²) < 4.78 is 0. The van der Waals surface area contributed by atoms with Crippen molar-refractivity contribution in [3.8, 4) is 0 Å². The van der Waals surface area contributed by atoms with Crippen molar-refractivity contribution >= 4 is 0 Å². The average Bonchev–Trinajstić information content (AvgIpc) is 2.47. The van der Waals surface area contributed by atoms with Crippen molar-refractivity contribution in [1.29, 1.82) is 0 Å². The Morgan fingerprint density at radius 3 is 2.10 bits per heavy atom. The Balaban J connectivity index is 1.33. The van der Waals surface area contributed by atoms with Crippen molar-refractivity contribution in [2.75, 3.05) is 13.1 Å². The quantitative estimate of drug-likeness (QED) is 0.791. The number of nitrogens with zero attached hydrogens (tertiary/aromatic N) is 1. The van der Waals surface area contributed by atoms with Crippen molar-refractivity contribution in [2.24, 2.45) is 5.92 Å².